The van der Waals surface area contributed by atoms with Crippen LogP contribution in [0.5, 0.6) is 0 Å². The fourth-order valence-corrected chi connectivity index (χ4v) is 4.40. The molecule has 3 heterocycles. The summed E-state index contributed by atoms with van der Waals surface area (Å²) in [6, 6.07) is 2.12. The summed E-state index contributed by atoms with van der Waals surface area (Å²) in [5, 5.41) is 4.97. The van der Waals surface area contributed by atoms with Crippen molar-refractivity contribution in [3.8, 4) is 0 Å². The fourth-order valence-electron chi connectivity index (χ4n) is 3.51. The van der Waals surface area contributed by atoms with Gasteiger partial charge in [-0.05, 0) is 42.8 Å². The van der Waals surface area contributed by atoms with Crippen LogP contribution < -0.4 is 11.1 Å². The normalized spacial score (nSPS) is 21.4. The number of carbonyl (C=O) groups is 2. The molecule has 0 radical (unpaired) electrons. The maximum atomic E-state index is 12.6. The number of likely N-dealkylation sites (tertiary alicyclic amines) is 1. The number of nitrogens with zero attached hydrogens (tertiary/aromatic N) is 2. The molecule has 7 heteroatoms. The lowest BCUT2D eigenvalue weighted by atomic mass is 9.97. The molecule has 1 fully saturated rings. The maximum Gasteiger partial charge on any atom is 0.237 e. The number of piperidine rings is 1. The van der Waals surface area contributed by atoms with E-state index in [0.717, 1.165) is 38.9 Å². The predicted molar refractivity (Wildman–Crippen MR) is 94.7 cm³/mol. The average Bonchev–Trinajstić information content (AvgIpc) is 3.07. The smallest absolute Gasteiger partial charge is 0.237 e. The average molecular weight is 350 g/mol. The zero-order chi connectivity index (χ0) is 16.9. The number of hydrogen-bond donors (Lipinski definition) is 2. The molecule has 2 aliphatic rings. The van der Waals surface area contributed by atoms with Crippen molar-refractivity contribution in [3.05, 3.63) is 21.9 Å². The molecule has 0 saturated carbocycles. The Morgan fingerprint density at radius 1 is 1.38 bits per heavy atom. The summed E-state index contributed by atoms with van der Waals surface area (Å²) >= 11 is 1.78. The van der Waals surface area contributed by atoms with Crippen LogP contribution in [0.2, 0.25) is 0 Å². The summed E-state index contributed by atoms with van der Waals surface area (Å²) in [6.07, 6.45) is 2.81. The standard InChI is InChI=1S/C17H26N4O2S/c18-5-6-19-17(23)14-2-1-7-20(10-14)12-16(22)21-8-3-15-13(11-21)4-9-24-15/h4,9,14H,1-3,5-8,10-12,18H2,(H,19,23). The topological polar surface area (TPSA) is 78.7 Å². The molecule has 24 heavy (non-hydrogen) atoms. The van der Waals surface area contributed by atoms with Gasteiger partial charge in [-0.2, -0.15) is 0 Å². The van der Waals surface area contributed by atoms with E-state index in [1.54, 1.807) is 11.3 Å². The van der Waals surface area contributed by atoms with Gasteiger partial charge < -0.3 is 16.0 Å². The minimum Gasteiger partial charge on any atom is -0.355 e. The highest BCUT2D eigenvalue weighted by atomic mass is 32.1. The molecule has 2 aliphatic heterocycles. The van der Waals surface area contributed by atoms with Gasteiger partial charge in [-0.1, -0.05) is 0 Å². The van der Waals surface area contributed by atoms with Gasteiger partial charge in [0.05, 0.1) is 12.5 Å². The van der Waals surface area contributed by atoms with Crippen LogP contribution in [0.3, 0.4) is 0 Å². The largest absolute Gasteiger partial charge is 0.355 e. The monoisotopic (exact) mass is 350 g/mol. The van der Waals surface area contributed by atoms with Gasteiger partial charge in [0, 0.05) is 37.6 Å². The minimum absolute atomic E-state index is 0.0251. The molecule has 1 aromatic heterocycles. The van der Waals surface area contributed by atoms with Crippen LogP contribution in [0.1, 0.15) is 23.3 Å². The molecule has 0 spiro atoms. The SMILES string of the molecule is NCCNC(=O)C1CCCN(CC(=O)N2CCc3sccc3C2)C1. The third kappa shape index (κ3) is 4.15. The number of rotatable bonds is 5. The number of nitrogens with two attached hydrogens (primary N) is 1. The molecule has 0 aliphatic carbocycles. The first-order valence-electron chi connectivity index (χ1n) is 8.70. The van der Waals surface area contributed by atoms with Gasteiger partial charge in [0.25, 0.3) is 0 Å². The highest BCUT2D eigenvalue weighted by molar-refractivity contribution is 7.10. The molecule has 6 nitrogen and oxygen atoms in total. The van der Waals surface area contributed by atoms with Gasteiger partial charge >= 0.3 is 0 Å². The Morgan fingerprint density at radius 2 is 2.25 bits per heavy atom. The van der Waals surface area contributed by atoms with Crippen LogP contribution in [0.15, 0.2) is 11.4 Å². The molecule has 1 saturated heterocycles. The van der Waals surface area contributed by atoms with Crippen LogP contribution in [-0.4, -0.2) is 60.9 Å². The highest BCUT2D eigenvalue weighted by Crippen LogP contribution is 2.24. The van der Waals surface area contributed by atoms with Crippen molar-refractivity contribution in [2.75, 3.05) is 39.3 Å². The zero-order valence-corrected chi connectivity index (χ0v) is 14.8. The Bertz CT molecular complexity index is 589. The van der Waals surface area contributed by atoms with Crippen LogP contribution in [0.25, 0.3) is 0 Å². The summed E-state index contributed by atoms with van der Waals surface area (Å²) in [4.78, 5) is 30.2. The zero-order valence-electron chi connectivity index (χ0n) is 14.0. The van der Waals surface area contributed by atoms with Gasteiger partial charge in [-0.3, -0.25) is 14.5 Å². The first kappa shape index (κ1) is 17.4. The van der Waals surface area contributed by atoms with E-state index in [4.69, 9.17) is 5.73 Å². The third-order valence-corrected chi connectivity index (χ3v) is 5.86. The predicted octanol–water partition coefficient (Wildman–Crippen LogP) is 0.420. The van der Waals surface area contributed by atoms with Gasteiger partial charge in [0.1, 0.15) is 0 Å². The first-order valence-corrected chi connectivity index (χ1v) is 9.58. The first-order chi connectivity index (χ1) is 11.7. The van der Waals surface area contributed by atoms with E-state index in [-0.39, 0.29) is 17.7 Å². The van der Waals surface area contributed by atoms with E-state index >= 15 is 0 Å². The number of carbonyl (C=O) groups excluding carboxylic acids is 2. The van der Waals surface area contributed by atoms with Crippen molar-refractivity contribution in [2.45, 2.75) is 25.8 Å². The van der Waals surface area contributed by atoms with Crippen molar-refractivity contribution in [2.24, 2.45) is 11.7 Å². The van der Waals surface area contributed by atoms with Crippen LogP contribution in [0, 0.1) is 5.92 Å². The van der Waals surface area contributed by atoms with E-state index in [9.17, 15) is 9.59 Å². The van der Waals surface area contributed by atoms with E-state index in [1.807, 2.05) is 4.90 Å². The summed E-state index contributed by atoms with van der Waals surface area (Å²) in [5.74, 6) is 0.219. The Hall–Kier alpha value is -1.44. The van der Waals surface area contributed by atoms with Gasteiger partial charge in [0.15, 0.2) is 0 Å². The Labute approximate surface area is 147 Å². The summed E-state index contributed by atoms with van der Waals surface area (Å²) in [7, 11) is 0. The van der Waals surface area contributed by atoms with E-state index in [1.165, 1.54) is 10.4 Å². The summed E-state index contributed by atoms with van der Waals surface area (Å²) in [6.45, 7) is 4.49. The van der Waals surface area contributed by atoms with E-state index in [0.29, 0.717) is 26.2 Å². The van der Waals surface area contributed by atoms with Crippen molar-refractivity contribution in [3.63, 3.8) is 0 Å². The summed E-state index contributed by atoms with van der Waals surface area (Å²) in [5.41, 5.74) is 6.72. The molecule has 132 valence electrons. The molecule has 3 rings (SSSR count). The number of thiophene rings is 1. The molecular formula is C17H26N4O2S. The molecule has 1 atom stereocenters. The number of fused-ring (bicyclic) bond motifs is 1. The third-order valence-electron chi connectivity index (χ3n) is 4.84. The molecule has 3 N–H and O–H groups in total. The second-order valence-electron chi connectivity index (χ2n) is 6.59. The second kappa shape index (κ2) is 8.09. The minimum atomic E-state index is -0.0251. The molecule has 1 unspecified atom stereocenters. The number of hydrogen-bond acceptors (Lipinski definition) is 5. The van der Waals surface area contributed by atoms with Crippen molar-refractivity contribution >= 4 is 23.2 Å². The van der Waals surface area contributed by atoms with Gasteiger partial charge in [-0.15, -0.1) is 11.3 Å². The van der Waals surface area contributed by atoms with Gasteiger partial charge in [0.2, 0.25) is 11.8 Å². The highest BCUT2D eigenvalue weighted by Gasteiger charge is 2.28. The number of nitrogens with one attached hydrogen (secondary N) is 1. The Kier molecular flexibility index (Phi) is 5.86. The molecule has 2 amide bonds. The van der Waals surface area contributed by atoms with Crippen molar-refractivity contribution < 1.29 is 9.59 Å². The van der Waals surface area contributed by atoms with Crippen LogP contribution in [-0.2, 0) is 22.6 Å². The summed E-state index contributed by atoms with van der Waals surface area (Å²) < 4.78 is 0. The van der Waals surface area contributed by atoms with Crippen molar-refractivity contribution in [1.82, 2.24) is 15.1 Å². The maximum absolute atomic E-state index is 12.6. The van der Waals surface area contributed by atoms with Gasteiger partial charge in [-0.25, -0.2) is 0 Å². The lowest BCUT2D eigenvalue weighted by molar-refractivity contribution is -0.135. The molecule has 1 aromatic rings. The van der Waals surface area contributed by atoms with E-state index < -0.39 is 0 Å². The quantitative estimate of drug-likeness (QED) is 0.807. The van der Waals surface area contributed by atoms with E-state index in [2.05, 4.69) is 21.7 Å². The van der Waals surface area contributed by atoms with Crippen LogP contribution >= 0.6 is 11.3 Å². The van der Waals surface area contributed by atoms with Crippen LogP contribution in [0.4, 0.5) is 0 Å². The lowest BCUT2D eigenvalue weighted by Crippen LogP contribution is -2.48. The number of amides is 2. The lowest BCUT2D eigenvalue weighted by Gasteiger charge is -2.34. The Balaban J connectivity index is 1.50. The molecule has 0 aromatic carbocycles. The Morgan fingerprint density at radius 3 is 3.08 bits per heavy atom. The fraction of sp³-hybridized carbons (Fsp3) is 0.647. The van der Waals surface area contributed by atoms with Crippen molar-refractivity contribution in [1.29, 1.82) is 0 Å². The molecule has 0 bridgehead atoms. The molecular weight excluding hydrogens is 324 g/mol. The second-order valence-corrected chi connectivity index (χ2v) is 7.59.